The predicted molar refractivity (Wildman–Crippen MR) is 64.9 cm³/mol. The maximum Gasteiger partial charge on any atom is 0.240 e. The standard InChI is InChI=1S/C12H24N2O/c1-3-5-7-8-9-11-13-14-12(15)10-6-4-2/h11H,3-10H2,1-2H3,(H,14,15)/b13-11+. The highest BCUT2D eigenvalue weighted by atomic mass is 16.2. The second-order valence-corrected chi connectivity index (χ2v) is 3.80. The van der Waals surface area contributed by atoms with E-state index in [0.717, 1.165) is 19.3 Å². The minimum absolute atomic E-state index is 0.0293. The van der Waals surface area contributed by atoms with E-state index in [2.05, 4.69) is 24.4 Å². The lowest BCUT2D eigenvalue weighted by Gasteiger charge is -1.97. The summed E-state index contributed by atoms with van der Waals surface area (Å²) in [5.74, 6) is 0.0293. The van der Waals surface area contributed by atoms with E-state index in [-0.39, 0.29) is 5.91 Å². The molecule has 0 rings (SSSR count). The van der Waals surface area contributed by atoms with Crippen molar-refractivity contribution in [1.29, 1.82) is 0 Å². The number of unbranched alkanes of at least 4 members (excludes halogenated alkanes) is 5. The predicted octanol–water partition coefficient (Wildman–Crippen LogP) is 3.25. The average molecular weight is 212 g/mol. The quantitative estimate of drug-likeness (QED) is 0.356. The van der Waals surface area contributed by atoms with E-state index in [0.29, 0.717) is 6.42 Å². The second-order valence-electron chi connectivity index (χ2n) is 3.80. The minimum atomic E-state index is 0.0293. The molecule has 0 aromatic heterocycles. The van der Waals surface area contributed by atoms with Crippen LogP contribution in [0.1, 0.15) is 65.2 Å². The highest BCUT2D eigenvalue weighted by molar-refractivity contribution is 5.76. The van der Waals surface area contributed by atoms with Crippen molar-refractivity contribution in [2.75, 3.05) is 0 Å². The Morgan fingerprint density at radius 1 is 1.13 bits per heavy atom. The van der Waals surface area contributed by atoms with E-state index < -0.39 is 0 Å². The molecule has 0 saturated carbocycles. The number of hydrazone groups is 1. The normalized spacial score (nSPS) is 10.8. The minimum Gasteiger partial charge on any atom is -0.273 e. The SMILES string of the molecule is CCCCCC/C=N/NC(=O)CCCC. The van der Waals surface area contributed by atoms with Crippen LogP contribution < -0.4 is 5.43 Å². The summed E-state index contributed by atoms with van der Waals surface area (Å²) < 4.78 is 0. The Kier molecular flexibility index (Phi) is 10.6. The van der Waals surface area contributed by atoms with Gasteiger partial charge in [-0.05, 0) is 19.3 Å². The van der Waals surface area contributed by atoms with E-state index >= 15 is 0 Å². The first kappa shape index (κ1) is 14.1. The molecule has 0 spiro atoms. The molecular weight excluding hydrogens is 188 g/mol. The van der Waals surface area contributed by atoms with Gasteiger partial charge >= 0.3 is 0 Å². The van der Waals surface area contributed by atoms with Crippen LogP contribution in [-0.2, 0) is 4.79 Å². The van der Waals surface area contributed by atoms with Gasteiger partial charge in [0.25, 0.3) is 0 Å². The van der Waals surface area contributed by atoms with Gasteiger partial charge in [-0.1, -0.05) is 39.5 Å². The maximum absolute atomic E-state index is 11.1. The van der Waals surface area contributed by atoms with Gasteiger partial charge in [-0.25, -0.2) is 5.43 Å². The lowest BCUT2D eigenvalue weighted by Crippen LogP contribution is -2.16. The molecule has 0 atom stereocenters. The fraction of sp³-hybridized carbons (Fsp3) is 0.833. The highest BCUT2D eigenvalue weighted by Crippen LogP contribution is 2.00. The summed E-state index contributed by atoms with van der Waals surface area (Å²) in [5.41, 5.74) is 2.54. The van der Waals surface area contributed by atoms with Crippen molar-refractivity contribution in [2.45, 2.75) is 65.2 Å². The number of carbonyl (C=O) groups is 1. The van der Waals surface area contributed by atoms with Crippen LogP contribution in [0.2, 0.25) is 0 Å². The van der Waals surface area contributed by atoms with Crippen LogP contribution in [0.25, 0.3) is 0 Å². The van der Waals surface area contributed by atoms with E-state index in [1.54, 1.807) is 6.21 Å². The number of rotatable bonds is 9. The lowest BCUT2D eigenvalue weighted by atomic mass is 10.2. The highest BCUT2D eigenvalue weighted by Gasteiger charge is 1.96. The zero-order valence-corrected chi connectivity index (χ0v) is 10.1. The third kappa shape index (κ3) is 11.1. The number of carbonyl (C=O) groups excluding carboxylic acids is 1. The monoisotopic (exact) mass is 212 g/mol. The molecule has 0 aliphatic rings. The number of hydrogen-bond acceptors (Lipinski definition) is 2. The van der Waals surface area contributed by atoms with Crippen molar-refractivity contribution < 1.29 is 4.79 Å². The fourth-order valence-electron chi connectivity index (χ4n) is 1.24. The van der Waals surface area contributed by atoms with Gasteiger partial charge in [-0.3, -0.25) is 4.79 Å². The lowest BCUT2D eigenvalue weighted by molar-refractivity contribution is -0.121. The van der Waals surface area contributed by atoms with Crippen molar-refractivity contribution in [1.82, 2.24) is 5.43 Å². The zero-order chi connectivity index (χ0) is 11.4. The number of hydrogen-bond donors (Lipinski definition) is 1. The third-order valence-electron chi connectivity index (χ3n) is 2.22. The molecule has 0 aromatic carbocycles. The van der Waals surface area contributed by atoms with Gasteiger partial charge in [-0.15, -0.1) is 0 Å². The molecule has 0 fully saturated rings. The molecule has 0 heterocycles. The molecule has 3 heteroatoms. The molecule has 0 bridgehead atoms. The number of nitrogens with one attached hydrogen (secondary N) is 1. The number of nitrogens with zero attached hydrogens (tertiary/aromatic N) is 1. The van der Waals surface area contributed by atoms with Crippen LogP contribution in [0.5, 0.6) is 0 Å². The Balaban J connectivity index is 3.25. The molecule has 0 aromatic rings. The summed E-state index contributed by atoms with van der Waals surface area (Å²) in [5, 5.41) is 3.90. The summed E-state index contributed by atoms with van der Waals surface area (Å²) in [6.45, 7) is 4.27. The molecule has 15 heavy (non-hydrogen) atoms. The molecule has 88 valence electrons. The molecule has 0 radical (unpaired) electrons. The Bertz CT molecular complexity index is 178. The Hall–Kier alpha value is -0.860. The first-order valence-corrected chi connectivity index (χ1v) is 6.11. The Morgan fingerprint density at radius 3 is 2.53 bits per heavy atom. The Morgan fingerprint density at radius 2 is 1.87 bits per heavy atom. The third-order valence-corrected chi connectivity index (χ3v) is 2.22. The first-order valence-electron chi connectivity index (χ1n) is 6.11. The number of amides is 1. The summed E-state index contributed by atoms with van der Waals surface area (Å²) in [7, 11) is 0. The van der Waals surface area contributed by atoms with Crippen LogP contribution in [0.3, 0.4) is 0 Å². The molecule has 3 nitrogen and oxygen atoms in total. The van der Waals surface area contributed by atoms with Crippen LogP contribution in [0.4, 0.5) is 0 Å². The molecule has 1 amide bonds. The van der Waals surface area contributed by atoms with Crippen molar-refractivity contribution in [3.63, 3.8) is 0 Å². The summed E-state index contributed by atoms with van der Waals surface area (Å²) in [6.07, 6.45) is 10.3. The Labute approximate surface area is 93.3 Å². The van der Waals surface area contributed by atoms with Gasteiger partial charge in [-0.2, -0.15) is 5.10 Å². The topological polar surface area (TPSA) is 41.5 Å². The van der Waals surface area contributed by atoms with Gasteiger partial charge in [0.05, 0.1) is 0 Å². The summed E-state index contributed by atoms with van der Waals surface area (Å²) in [4.78, 5) is 11.1. The van der Waals surface area contributed by atoms with Crippen LogP contribution in [0, 0.1) is 0 Å². The average Bonchev–Trinajstić information content (AvgIpc) is 2.25. The molecule has 0 aliphatic carbocycles. The van der Waals surface area contributed by atoms with Crippen molar-refractivity contribution >= 4 is 12.1 Å². The van der Waals surface area contributed by atoms with Crippen LogP contribution in [-0.4, -0.2) is 12.1 Å². The zero-order valence-electron chi connectivity index (χ0n) is 10.1. The second kappa shape index (κ2) is 11.2. The smallest absolute Gasteiger partial charge is 0.240 e. The maximum atomic E-state index is 11.1. The van der Waals surface area contributed by atoms with Gasteiger partial charge in [0, 0.05) is 12.6 Å². The van der Waals surface area contributed by atoms with E-state index in [4.69, 9.17) is 0 Å². The van der Waals surface area contributed by atoms with Gasteiger partial charge in [0.15, 0.2) is 0 Å². The molecule has 0 aliphatic heterocycles. The van der Waals surface area contributed by atoms with Gasteiger partial charge in [0.1, 0.15) is 0 Å². The molecule has 0 unspecified atom stereocenters. The van der Waals surface area contributed by atoms with Crippen molar-refractivity contribution in [3.05, 3.63) is 0 Å². The summed E-state index contributed by atoms with van der Waals surface area (Å²) >= 11 is 0. The van der Waals surface area contributed by atoms with E-state index in [9.17, 15) is 4.79 Å². The van der Waals surface area contributed by atoms with Gasteiger partial charge in [0.2, 0.25) is 5.91 Å². The van der Waals surface area contributed by atoms with Gasteiger partial charge < -0.3 is 0 Å². The largest absolute Gasteiger partial charge is 0.273 e. The van der Waals surface area contributed by atoms with E-state index in [1.165, 1.54) is 25.7 Å². The molecule has 0 saturated heterocycles. The molecular formula is C12H24N2O. The van der Waals surface area contributed by atoms with Crippen molar-refractivity contribution in [2.24, 2.45) is 5.10 Å². The van der Waals surface area contributed by atoms with E-state index in [1.807, 2.05) is 0 Å². The van der Waals surface area contributed by atoms with Crippen LogP contribution in [0.15, 0.2) is 5.10 Å². The first-order chi connectivity index (χ1) is 7.31. The fourth-order valence-corrected chi connectivity index (χ4v) is 1.24. The summed E-state index contributed by atoms with van der Waals surface area (Å²) in [6, 6.07) is 0. The molecule has 1 N–H and O–H groups in total. The van der Waals surface area contributed by atoms with Crippen molar-refractivity contribution in [3.8, 4) is 0 Å². The van der Waals surface area contributed by atoms with Crippen LogP contribution >= 0.6 is 0 Å².